The summed E-state index contributed by atoms with van der Waals surface area (Å²) in [4.78, 5) is 28.2. The second-order valence-electron chi connectivity index (χ2n) is 5.14. The molecule has 27 heavy (non-hydrogen) atoms. The van der Waals surface area contributed by atoms with Crippen LogP contribution in [-0.2, 0) is 14.4 Å². The number of primary amides is 1. The highest BCUT2D eigenvalue weighted by Crippen LogP contribution is 2.32. The number of anilines is 2. The van der Waals surface area contributed by atoms with Crippen molar-refractivity contribution in [2.45, 2.75) is 0 Å². The van der Waals surface area contributed by atoms with E-state index in [1.807, 2.05) is 0 Å². The lowest BCUT2D eigenvalue weighted by Gasteiger charge is -2.17. The predicted octanol–water partition coefficient (Wildman–Crippen LogP) is 2.56. The van der Waals surface area contributed by atoms with Gasteiger partial charge in [0.2, 0.25) is 0 Å². The van der Waals surface area contributed by atoms with E-state index in [2.05, 4.69) is 31.1 Å². The number of benzene rings is 1. The summed E-state index contributed by atoms with van der Waals surface area (Å²) >= 11 is 3.10. The average molecular weight is 439 g/mol. The van der Waals surface area contributed by atoms with Crippen molar-refractivity contribution >= 4 is 45.2 Å². The Hall–Kier alpha value is -3.30. The molecule has 0 fully saturated rings. The van der Waals surface area contributed by atoms with Crippen LogP contribution in [0.1, 0.15) is 5.56 Å². The van der Waals surface area contributed by atoms with Crippen LogP contribution in [0.5, 0.6) is 0 Å². The second-order valence-corrected chi connectivity index (χ2v) is 5.99. The Morgan fingerprint density at radius 2 is 2.26 bits per heavy atom. The molecule has 1 aromatic carbocycles. The monoisotopic (exact) mass is 438 g/mol. The maximum atomic E-state index is 13.5. The summed E-state index contributed by atoms with van der Waals surface area (Å²) in [6.07, 6.45) is 1.91. The van der Waals surface area contributed by atoms with Crippen molar-refractivity contribution < 1.29 is 28.0 Å². The smallest absolute Gasteiger partial charge is 0.404 e. The van der Waals surface area contributed by atoms with Gasteiger partial charge in [0, 0.05) is 6.54 Å². The molecule has 3 rings (SSSR count). The Balaban J connectivity index is 1.87. The molecule has 0 atom stereocenters. The predicted molar refractivity (Wildman–Crippen MR) is 96.1 cm³/mol. The van der Waals surface area contributed by atoms with Crippen molar-refractivity contribution in [2.75, 3.05) is 23.4 Å². The minimum absolute atomic E-state index is 0.0387. The number of amides is 1. The third-order valence-corrected chi connectivity index (χ3v) is 4.05. The maximum Gasteiger partial charge on any atom is 0.404 e. The standard InChI is InChI=1S/C16H12BrFN4O5/c17-11-5-9(1-2-12(11)18)22-14(6-23)27-21-15(22)10-7-25-8-13(10)20-3-4-26-16(19)24/h1-2,5,7-8,20H,3-4H2,(H2,19,24). The number of amidine groups is 1. The minimum atomic E-state index is -0.883. The molecule has 0 spiro atoms. The van der Waals surface area contributed by atoms with Crippen molar-refractivity contribution in [3.8, 4) is 0 Å². The number of carbonyl (C=O) groups is 1. The van der Waals surface area contributed by atoms with Crippen molar-refractivity contribution in [1.82, 2.24) is 0 Å². The quantitative estimate of drug-likeness (QED) is 0.525. The Bertz CT molecular complexity index is 954. The Morgan fingerprint density at radius 1 is 1.44 bits per heavy atom. The van der Waals surface area contributed by atoms with Gasteiger partial charge in [-0.3, -0.25) is 0 Å². The molecular weight excluding hydrogens is 427 g/mol. The van der Waals surface area contributed by atoms with E-state index in [1.54, 1.807) is 5.94 Å². The molecule has 1 aliphatic heterocycles. The lowest BCUT2D eigenvalue weighted by molar-refractivity contribution is 0.161. The van der Waals surface area contributed by atoms with Crippen LogP contribution in [0.25, 0.3) is 0 Å². The third-order valence-electron chi connectivity index (χ3n) is 3.45. The van der Waals surface area contributed by atoms with Crippen LogP contribution < -0.4 is 16.0 Å². The Morgan fingerprint density at radius 3 is 2.96 bits per heavy atom. The fraction of sp³-hybridized carbons (Fsp3) is 0.125. The molecule has 11 heteroatoms. The van der Waals surface area contributed by atoms with E-state index in [9.17, 15) is 14.0 Å². The molecule has 1 amide bonds. The van der Waals surface area contributed by atoms with Crippen molar-refractivity contribution in [1.29, 1.82) is 0 Å². The number of hydrogen-bond acceptors (Lipinski definition) is 8. The van der Waals surface area contributed by atoms with Gasteiger partial charge in [0.15, 0.2) is 11.8 Å². The first-order valence-corrected chi connectivity index (χ1v) is 8.28. The van der Waals surface area contributed by atoms with Gasteiger partial charge >= 0.3 is 12.0 Å². The van der Waals surface area contributed by atoms with Crippen molar-refractivity contribution in [3.63, 3.8) is 0 Å². The van der Waals surface area contributed by atoms with Gasteiger partial charge < -0.3 is 25.0 Å². The van der Waals surface area contributed by atoms with Crippen molar-refractivity contribution in [2.24, 2.45) is 10.9 Å². The highest BCUT2D eigenvalue weighted by Gasteiger charge is 2.32. The van der Waals surface area contributed by atoms with Crippen molar-refractivity contribution in [3.05, 3.63) is 52.5 Å². The number of furan rings is 1. The number of rotatable bonds is 6. The van der Waals surface area contributed by atoms with E-state index in [4.69, 9.17) is 15.0 Å². The molecule has 0 bridgehead atoms. The molecule has 140 valence electrons. The Labute approximate surface area is 160 Å². The van der Waals surface area contributed by atoms with Gasteiger partial charge in [0.1, 0.15) is 25.0 Å². The van der Waals surface area contributed by atoms with Gasteiger partial charge in [0.25, 0.3) is 0 Å². The van der Waals surface area contributed by atoms with Gasteiger partial charge in [0.05, 0.1) is 21.4 Å². The van der Waals surface area contributed by atoms with Crippen LogP contribution in [0.15, 0.2) is 50.7 Å². The van der Waals surface area contributed by atoms with E-state index in [1.165, 1.54) is 35.6 Å². The van der Waals surface area contributed by atoms with Gasteiger partial charge in [-0.15, -0.1) is 0 Å². The number of nitrogens with two attached hydrogens (primary N) is 1. The van der Waals surface area contributed by atoms with Crippen LogP contribution >= 0.6 is 15.9 Å². The van der Waals surface area contributed by atoms with E-state index < -0.39 is 11.9 Å². The molecule has 1 aromatic heterocycles. The van der Waals surface area contributed by atoms with E-state index in [0.717, 1.165) is 0 Å². The highest BCUT2D eigenvalue weighted by molar-refractivity contribution is 9.10. The summed E-state index contributed by atoms with van der Waals surface area (Å²) in [5, 5.41) is 6.87. The van der Waals surface area contributed by atoms with Crippen LogP contribution in [0.2, 0.25) is 0 Å². The first-order chi connectivity index (χ1) is 13.0. The zero-order valence-electron chi connectivity index (χ0n) is 13.6. The van der Waals surface area contributed by atoms with E-state index >= 15 is 0 Å². The molecule has 0 unspecified atom stereocenters. The number of ether oxygens (including phenoxy) is 1. The number of nitrogens with zero attached hydrogens (tertiary/aromatic N) is 2. The SMILES string of the molecule is NC(=O)OCCNc1cocc1C1=NOC(=C=O)N1c1ccc(F)c(Br)c1. The van der Waals surface area contributed by atoms with Gasteiger partial charge in [-0.25, -0.2) is 18.9 Å². The number of oxime groups is 1. The fourth-order valence-electron chi connectivity index (χ4n) is 2.31. The molecule has 3 N–H and O–H groups in total. The van der Waals surface area contributed by atoms with Crippen LogP contribution in [0.4, 0.5) is 20.6 Å². The fourth-order valence-corrected chi connectivity index (χ4v) is 2.67. The lowest BCUT2D eigenvalue weighted by atomic mass is 10.2. The van der Waals surface area contributed by atoms with Gasteiger partial charge in [-0.05, 0) is 34.1 Å². The van der Waals surface area contributed by atoms with Gasteiger partial charge in [-0.1, -0.05) is 5.16 Å². The summed E-state index contributed by atoms with van der Waals surface area (Å²) in [6.45, 7) is 0.291. The van der Waals surface area contributed by atoms with Gasteiger partial charge in [-0.2, -0.15) is 0 Å². The minimum Gasteiger partial charge on any atom is -0.470 e. The highest BCUT2D eigenvalue weighted by atomic mass is 79.9. The number of carbonyl (C=O) groups excluding carboxylic acids is 2. The first-order valence-electron chi connectivity index (χ1n) is 7.49. The van der Waals surface area contributed by atoms with Crippen LogP contribution in [0, 0.1) is 5.82 Å². The second kappa shape index (κ2) is 7.94. The topological polar surface area (TPSA) is 119 Å². The van der Waals surface area contributed by atoms with E-state index in [-0.39, 0.29) is 29.3 Å². The molecule has 9 nitrogen and oxygen atoms in total. The number of nitrogens with one attached hydrogen (secondary N) is 1. The van der Waals surface area contributed by atoms with Crippen LogP contribution in [-0.4, -0.2) is 31.0 Å². The molecule has 0 saturated carbocycles. The summed E-state index contributed by atoms with van der Waals surface area (Å²) in [7, 11) is 0. The zero-order chi connectivity index (χ0) is 19.4. The molecule has 1 aliphatic rings. The summed E-state index contributed by atoms with van der Waals surface area (Å²) in [5.41, 5.74) is 6.28. The maximum absolute atomic E-state index is 13.5. The molecule has 2 heterocycles. The molecule has 0 radical (unpaired) electrons. The molecule has 2 aromatic rings. The molecular formula is C16H12BrFN4O5. The van der Waals surface area contributed by atoms with Crippen LogP contribution in [0.3, 0.4) is 0 Å². The molecule has 0 saturated heterocycles. The zero-order valence-corrected chi connectivity index (χ0v) is 15.2. The largest absolute Gasteiger partial charge is 0.470 e. The van der Waals surface area contributed by atoms with E-state index in [0.29, 0.717) is 16.9 Å². The summed E-state index contributed by atoms with van der Waals surface area (Å²) < 4.78 is 23.6. The third kappa shape index (κ3) is 3.94. The lowest BCUT2D eigenvalue weighted by Crippen LogP contribution is -2.27. The summed E-state index contributed by atoms with van der Waals surface area (Å²) in [6, 6.07) is 4.15. The summed E-state index contributed by atoms with van der Waals surface area (Å²) in [5.74, 6) is 1.19. The normalized spacial score (nSPS) is 13.0. The molecule has 0 aliphatic carbocycles. The number of hydrogen-bond donors (Lipinski definition) is 2. The number of halogens is 2. The average Bonchev–Trinajstić information content (AvgIpc) is 3.26. The Kier molecular flexibility index (Phi) is 5.43. The first kappa shape index (κ1) is 18.5.